The molecule has 0 bridgehead atoms. The van der Waals surface area contributed by atoms with Crippen LogP contribution < -0.4 is 5.32 Å². The molecule has 1 aliphatic rings. The van der Waals surface area contributed by atoms with Crippen LogP contribution in [0.1, 0.15) is 39.2 Å². The Morgan fingerprint density at radius 2 is 1.76 bits per heavy atom. The van der Waals surface area contributed by atoms with E-state index in [-0.39, 0.29) is 5.91 Å². The van der Waals surface area contributed by atoms with Crippen molar-refractivity contribution >= 4 is 17.7 Å². The van der Waals surface area contributed by atoms with Crippen LogP contribution in [-0.2, 0) is 4.79 Å². The van der Waals surface area contributed by atoms with Gasteiger partial charge in [-0.3, -0.25) is 4.79 Å². The third kappa shape index (κ3) is 4.24. The molecule has 0 unspecified atom stereocenters. The van der Waals surface area contributed by atoms with Crippen molar-refractivity contribution in [1.29, 1.82) is 0 Å². The van der Waals surface area contributed by atoms with E-state index in [0.717, 1.165) is 31.1 Å². The highest BCUT2D eigenvalue weighted by molar-refractivity contribution is 8.01. The number of benzene rings is 1. The third-order valence-electron chi connectivity index (χ3n) is 3.84. The highest BCUT2D eigenvalue weighted by atomic mass is 32.2. The number of amides is 1. The predicted molar refractivity (Wildman–Crippen MR) is 89.9 cm³/mol. The molecule has 3 nitrogen and oxygen atoms in total. The van der Waals surface area contributed by atoms with Crippen molar-refractivity contribution in [3.8, 4) is 0 Å². The van der Waals surface area contributed by atoms with E-state index in [4.69, 9.17) is 0 Å². The number of hydrogen-bond donors (Lipinski definition) is 1. The van der Waals surface area contributed by atoms with Gasteiger partial charge in [-0.25, -0.2) is 0 Å². The van der Waals surface area contributed by atoms with Crippen molar-refractivity contribution in [2.24, 2.45) is 0 Å². The average molecular weight is 306 g/mol. The Bertz CT molecular complexity index is 476. The molecule has 0 atom stereocenters. The zero-order chi connectivity index (χ0) is 15.5. The van der Waals surface area contributed by atoms with Gasteiger partial charge < -0.3 is 10.2 Å². The Kier molecular flexibility index (Phi) is 5.33. The van der Waals surface area contributed by atoms with Crippen LogP contribution in [0, 0.1) is 0 Å². The zero-order valence-corrected chi connectivity index (χ0v) is 14.3. The highest BCUT2D eigenvalue weighted by Crippen LogP contribution is 2.34. The van der Waals surface area contributed by atoms with Crippen molar-refractivity contribution in [1.82, 2.24) is 10.2 Å². The molecule has 0 spiro atoms. The molecule has 1 N–H and O–H groups in total. The Morgan fingerprint density at radius 1 is 1.19 bits per heavy atom. The van der Waals surface area contributed by atoms with Crippen LogP contribution >= 0.6 is 11.8 Å². The summed E-state index contributed by atoms with van der Waals surface area (Å²) >= 11 is 1.66. The molecule has 1 saturated heterocycles. The van der Waals surface area contributed by atoms with E-state index in [2.05, 4.69) is 43.4 Å². The lowest BCUT2D eigenvalue weighted by molar-refractivity contribution is -0.133. The Labute approximate surface area is 132 Å². The van der Waals surface area contributed by atoms with E-state index >= 15 is 0 Å². The Hall–Kier alpha value is -1.00. The maximum atomic E-state index is 12.7. The number of thioether (sulfide) groups is 1. The fourth-order valence-electron chi connectivity index (χ4n) is 2.51. The highest BCUT2D eigenvalue weighted by Gasteiger charge is 2.33. The van der Waals surface area contributed by atoms with E-state index < -0.39 is 4.75 Å². The lowest BCUT2D eigenvalue weighted by Gasteiger charge is -2.34. The number of carbonyl (C=O) groups excluding carboxylic acids is 1. The van der Waals surface area contributed by atoms with Crippen LogP contribution in [0.5, 0.6) is 0 Å². The van der Waals surface area contributed by atoms with Crippen LogP contribution in [-0.4, -0.2) is 41.7 Å². The molecule has 116 valence electrons. The molecule has 0 aliphatic carbocycles. The SMILES string of the molecule is CC(C)c1ccc(SC(C)(C)C(=O)N2CCNCC2)cc1. The first-order chi connectivity index (χ1) is 9.90. The summed E-state index contributed by atoms with van der Waals surface area (Å²) in [6.07, 6.45) is 0. The standard InChI is InChI=1S/C17H26N2OS/c1-13(2)14-5-7-15(8-6-14)21-17(3,4)16(20)19-11-9-18-10-12-19/h5-8,13,18H,9-12H2,1-4H3. The smallest absolute Gasteiger partial charge is 0.238 e. The van der Waals surface area contributed by atoms with Crippen LogP contribution in [0.25, 0.3) is 0 Å². The van der Waals surface area contributed by atoms with Gasteiger partial charge in [-0.05, 0) is 37.5 Å². The molecule has 1 aromatic carbocycles. The van der Waals surface area contributed by atoms with Crippen molar-refractivity contribution in [2.75, 3.05) is 26.2 Å². The number of piperazine rings is 1. The predicted octanol–water partition coefficient (Wildman–Crippen LogP) is 3.11. The Morgan fingerprint density at radius 3 is 2.29 bits per heavy atom. The molecular weight excluding hydrogens is 280 g/mol. The summed E-state index contributed by atoms with van der Waals surface area (Å²) in [4.78, 5) is 15.8. The fraction of sp³-hybridized carbons (Fsp3) is 0.588. The largest absolute Gasteiger partial charge is 0.339 e. The van der Waals surface area contributed by atoms with Gasteiger partial charge in [0.25, 0.3) is 0 Å². The molecule has 1 heterocycles. The first-order valence-electron chi connectivity index (χ1n) is 7.69. The molecule has 0 aromatic heterocycles. The first-order valence-corrected chi connectivity index (χ1v) is 8.51. The van der Waals surface area contributed by atoms with Crippen molar-refractivity contribution in [3.63, 3.8) is 0 Å². The van der Waals surface area contributed by atoms with Crippen LogP contribution in [0.2, 0.25) is 0 Å². The number of rotatable bonds is 4. The van der Waals surface area contributed by atoms with Crippen LogP contribution in [0.4, 0.5) is 0 Å². The lowest BCUT2D eigenvalue weighted by atomic mass is 10.0. The van der Waals surface area contributed by atoms with Gasteiger partial charge in [0.1, 0.15) is 0 Å². The molecular formula is C17H26N2OS. The summed E-state index contributed by atoms with van der Waals surface area (Å²) < 4.78 is -0.420. The van der Waals surface area contributed by atoms with Gasteiger partial charge in [-0.2, -0.15) is 0 Å². The zero-order valence-electron chi connectivity index (χ0n) is 13.5. The van der Waals surface area contributed by atoms with E-state index in [0.29, 0.717) is 5.92 Å². The molecule has 2 rings (SSSR count). The maximum absolute atomic E-state index is 12.7. The molecule has 1 aliphatic heterocycles. The third-order valence-corrected chi connectivity index (χ3v) is 5.03. The van der Waals surface area contributed by atoms with Gasteiger partial charge in [-0.15, -0.1) is 11.8 Å². The van der Waals surface area contributed by atoms with Gasteiger partial charge in [0.05, 0.1) is 4.75 Å². The molecule has 1 aromatic rings. The second kappa shape index (κ2) is 6.84. The molecule has 1 fully saturated rings. The minimum atomic E-state index is -0.420. The second-order valence-corrected chi connectivity index (χ2v) is 8.07. The summed E-state index contributed by atoms with van der Waals surface area (Å²) in [5, 5.41) is 3.29. The maximum Gasteiger partial charge on any atom is 0.238 e. The molecule has 1 amide bonds. The number of nitrogens with one attached hydrogen (secondary N) is 1. The quantitative estimate of drug-likeness (QED) is 0.868. The first kappa shape index (κ1) is 16.4. The summed E-state index contributed by atoms with van der Waals surface area (Å²) in [6.45, 7) is 11.9. The average Bonchev–Trinajstić information content (AvgIpc) is 2.47. The molecule has 0 saturated carbocycles. The molecule has 4 heteroatoms. The number of nitrogens with zero attached hydrogens (tertiary/aromatic N) is 1. The number of hydrogen-bond acceptors (Lipinski definition) is 3. The van der Waals surface area contributed by atoms with Gasteiger partial charge in [0.15, 0.2) is 0 Å². The number of carbonyl (C=O) groups is 1. The van der Waals surface area contributed by atoms with Gasteiger partial charge in [0.2, 0.25) is 5.91 Å². The minimum absolute atomic E-state index is 0.238. The Balaban J connectivity index is 2.03. The van der Waals surface area contributed by atoms with Gasteiger partial charge >= 0.3 is 0 Å². The van der Waals surface area contributed by atoms with E-state index in [1.165, 1.54) is 5.56 Å². The summed E-state index contributed by atoms with van der Waals surface area (Å²) in [5.74, 6) is 0.779. The van der Waals surface area contributed by atoms with Crippen molar-refractivity contribution in [2.45, 2.75) is 43.3 Å². The van der Waals surface area contributed by atoms with Crippen molar-refractivity contribution in [3.05, 3.63) is 29.8 Å². The van der Waals surface area contributed by atoms with Crippen molar-refractivity contribution < 1.29 is 4.79 Å². The fourth-order valence-corrected chi connectivity index (χ4v) is 3.59. The lowest BCUT2D eigenvalue weighted by Crippen LogP contribution is -2.51. The second-order valence-electron chi connectivity index (χ2n) is 6.38. The van der Waals surface area contributed by atoms with E-state index in [9.17, 15) is 4.79 Å². The normalized spacial score (nSPS) is 16.3. The van der Waals surface area contributed by atoms with E-state index in [1.54, 1.807) is 11.8 Å². The molecule has 21 heavy (non-hydrogen) atoms. The topological polar surface area (TPSA) is 32.3 Å². The van der Waals surface area contributed by atoms with E-state index in [1.807, 2.05) is 18.7 Å². The minimum Gasteiger partial charge on any atom is -0.339 e. The summed E-state index contributed by atoms with van der Waals surface area (Å²) in [6, 6.07) is 8.59. The summed E-state index contributed by atoms with van der Waals surface area (Å²) in [5.41, 5.74) is 1.34. The summed E-state index contributed by atoms with van der Waals surface area (Å²) in [7, 11) is 0. The molecule has 0 radical (unpaired) electrons. The van der Waals surface area contributed by atoms with Crippen LogP contribution in [0.15, 0.2) is 29.2 Å². The monoisotopic (exact) mass is 306 g/mol. The van der Waals surface area contributed by atoms with Gasteiger partial charge in [0, 0.05) is 31.1 Å². The van der Waals surface area contributed by atoms with Gasteiger partial charge in [-0.1, -0.05) is 26.0 Å². The van der Waals surface area contributed by atoms with Crippen LogP contribution in [0.3, 0.4) is 0 Å².